The highest BCUT2D eigenvalue weighted by atomic mass is 35.5. The lowest BCUT2D eigenvalue weighted by Gasteiger charge is -2.29. The molecule has 1 aromatic carbocycles. The molecule has 0 unspecified atom stereocenters. The van der Waals surface area contributed by atoms with Crippen LogP contribution in [0.4, 0.5) is 0 Å². The number of carbonyl (C=O) groups excluding carboxylic acids is 1. The highest BCUT2D eigenvalue weighted by molar-refractivity contribution is 6.30. The highest BCUT2D eigenvalue weighted by Crippen LogP contribution is 2.35. The first kappa shape index (κ1) is 12.7. The molecule has 0 saturated heterocycles. The van der Waals surface area contributed by atoms with Gasteiger partial charge in [-0.25, -0.2) is 0 Å². The number of carbonyl (C=O) groups is 1. The van der Waals surface area contributed by atoms with Crippen LogP contribution >= 0.6 is 23.2 Å². The van der Waals surface area contributed by atoms with Gasteiger partial charge in [0.05, 0.1) is 6.04 Å². The van der Waals surface area contributed by atoms with Crippen LogP contribution in [0.25, 0.3) is 0 Å². The number of hydrogen-bond acceptors (Lipinski definition) is 1. The van der Waals surface area contributed by atoms with Gasteiger partial charge in [0.1, 0.15) is 5.88 Å². The molecular weight excluding hydrogens is 257 g/mol. The Morgan fingerprint density at radius 3 is 2.76 bits per heavy atom. The molecule has 0 radical (unpaired) electrons. The van der Waals surface area contributed by atoms with Crippen LogP contribution in [-0.2, 0) is 4.79 Å². The Balaban J connectivity index is 2.21. The maximum absolute atomic E-state index is 11.9. The monoisotopic (exact) mass is 271 g/mol. The molecule has 1 amide bonds. The maximum Gasteiger partial charge on any atom is 0.238 e. The van der Waals surface area contributed by atoms with Crippen molar-refractivity contribution in [2.45, 2.75) is 31.8 Å². The van der Waals surface area contributed by atoms with E-state index in [-0.39, 0.29) is 17.8 Å². The second-order valence-electron chi connectivity index (χ2n) is 4.40. The van der Waals surface area contributed by atoms with Crippen molar-refractivity contribution in [2.75, 3.05) is 5.88 Å². The Hall–Kier alpha value is -0.730. The smallest absolute Gasteiger partial charge is 0.238 e. The van der Waals surface area contributed by atoms with Gasteiger partial charge in [0, 0.05) is 11.1 Å². The van der Waals surface area contributed by atoms with Gasteiger partial charge in [0.25, 0.3) is 0 Å². The third-order valence-corrected chi connectivity index (χ3v) is 3.55. The molecule has 0 aliphatic heterocycles. The van der Waals surface area contributed by atoms with Gasteiger partial charge in [-0.05, 0) is 37.5 Å². The van der Waals surface area contributed by atoms with E-state index < -0.39 is 0 Å². The number of hydrogen-bond donors (Lipinski definition) is 0. The van der Waals surface area contributed by atoms with Crippen LogP contribution < -0.4 is 0 Å². The Morgan fingerprint density at radius 2 is 2.24 bits per heavy atom. The van der Waals surface area contributed by atoms with Crippen molar-refractivity contribution in [2.24, 2.45) is 0 Å². The molecule has 0 bridgehead atoms. The zero-order valence-electron chi connectivity index (χ0n) is 9.70. The fourth-order valence-electron chi connectivity index (χ4n) is 2.08. The van der Waals surface area contributed by atoms with Crippen LogP contribution in [0.5, 0.6) is 0 Å². The molecule has 2 nitrogen and oxygen atoms in total. The zero-order chi connectivity index (χ0) is 12.4. The lowest BCUT2D eigenvalue weighted by Crippen LogP contribution is -2.36. The number of halogens is 2. The number of nitrogens with zero attached hydrogens (tertiary/aromatic N) is 1. The van der Waals surface area contributed by atoms with Crippen LogP contribution in [0.3, 0.4) is 0 Å². The van der Waals surface area contributed by atoms with Gasteiger partial charge in [-0.1, -0.05) is 23.7 Å². The van der Waals surface area contributed by atoms with E-state index in [2.05, 4.69) is 0 Å². The molecule has 1 aliphatic carbocycles. The second-order valence-corrected chi connectivity index (χ2v) is 5.10. The first-order valence-electron chi connectivity index (χ1n) is 5.76. The van der Waals surface area contributed by atoms with Gasteiger partial charge in [-0.2, -0.15) is 0 Å². The van der Waals surface area contributed by atoms with Crippen molar-refractivity contribution < 1.29 is 4.79 Å². The summed E-state index contributed by atoms with van der Waals surface area (Å²) in [4.78, 5) is 13.7. The van der Waals surface area contributed by atoms with Crippen molar-refractivity contribution in [3.05, 3.63) is 34.9 Å². The first-order chi connectivity index (χ1) is 8.13. The first-order valence-corrected chi connectivity index (χ1v) is 6.67. The van der Waals surface area contributed by atoms with E-state index in [4.69, 9.17) is 23.2 Å². The average Bonchev–Trinajstić information content (AvgIpc) is 3.13. The molecule has 1 aromatic rings. The van der Waals surface area contributed by atoms with E-state index in [0.717, 1.165) is 18.4 Å². The summed E-state index contributed by atoms with van der Waals surface area (Å²) >= 11 is 11.6. The molecular formula is C13H15Cl2NO. The normalized spacial score (nSPS) is 16.6. The topological polar surface area (TPSA) is 20.3 Å². The van der Waals surface area contributed by atoms with Crippen LogP contribution in [0.15, 0.2) is 24.3 Å². The van der Waals surface area contributed by atoms with Crippen molar-refractivity contribution in [3.8, 4) is 0 Å². The number of amides is 1. The van der Waals surface area contributed by atoms with Gasteiger partial charge < -0.3 is 4.90 Å². The SMILES string of the molecule is C[C@H](c1cccc(Cl)c1)N(C(=O)CCl)C1CC1. The quantitative estimate of drug-likeness (QED) is 0.766. The molecule has 1 saturated carbocycles. The zero-order valence-corrected chi connectivity index (χ0v) is 11.2. The minimum atomic E-state index is 0.00152. The third kappa shape index (κ3) is 2.93. The van der Waals surface area contributed by atoms with Crippen molar-refractivity contribution in [1.82, 2.24) is 4.90 Å². The fourth-order valence-corrected chi connectivity index (χ4v) is 2.42. The average molecular weight is 272 g/mol. The summed E-state index contributed by atoms with van der Waals surface area (Å²) in [7, 11) is 0. The minimum absolute atomic E-state index is 0.00152. The van der Waals surface area contributed by atoms with Crippen molar-refractivity contribution in [3.63, 3.8) is 0 Å². The second kappa shape index (κ2) is 5.28. The highest BCUT2D eigenvalue weighted by Gasteiger charge is 2.35. The summed E-state index contributed by atoms with van der Waals surface area (Å²) in [6.07, 6.45) is 2.15. The fraction of sp³-hybridized carbons (Fsp3) is 0.462. The van der Waals surface area contributed by atoms with Gasteiger partial charge in [-0.15, -0.1) is 11.6 Å². The van der Waals surface area contributed by atoms with E-state index in [1.807, 2.05) is 36.1 Å². The van der Waals surface area contributed by atoms with Gasteiger partial charge in [0.15, 0.2) is 0 Å². The summed E-state index contributed by atoms with van der Waals surface area (Å²) in [5.41, 5.74) is 1.06. The molecule has 1 aliphatic rings. The van der Waals surface area contributed by atoms with Crippen LogP contribution in [0, 0.1) is 0 Å². The summed E-state index contributed by atoms with van der Waals surface area (Å²) in [6.45, 7) is 2.02. The summed E-state index contributed by atoms with van der Waals surface area (Å²) in [5.74, 6) is 0.0446. The molecule has 2 rings (SSSR count). The summed E-state index contributed by atoms with van der Waals surface area (Å²) in [6, 6.07) is 8.03. The maximum atomic E-state index is 11.9. The van der Waals surface area contributed by atoms with E-state index in [1.54, 1.807) is 0 Å². The molecule has 0 aromatic heterocycles. The van der Waals surface area contributed by atoms with E-state index >= 15 is 0 Å². The van der Waals surface area contributed by atoms with Crippen molar-refractivity contribution >= 4 is 29.1 Å². The third-order valence-electron chi connectivity index (χ3n) is 3.09. The summed E-state index contributed by atoms with van der Waals surface area (Å²) < 4.78 is 0. The van der Waals surface area contributed by atoms with Gasteiger partial charge in [0.2, 0.25) is 5.91 Å². The molecule has 1 fully saturated rings. The Labute approximate surface area is 112 Å². The Bertz CT molecular complexity index is 418. The lowest BCUT2D eigenvalue weighted by atomic mass is 10.1. The molecule has 17 heavy (non-hydrogen) atoms. The van der Waals surface area contributed by atoms with Crippen LogP contribution in [0.2, 0.25) is 5.02 Å². The Kier molecular flexibility index (Phi) is 3.95. The molecule has 92 valence electrons. The van der Waals surface area contributed by atoms with Gasteiger partial charge in [-0.3, -0.25) is 4.79 Å². The van der Waals surface area contributed by atoms with E-state index in [1.165, 1.54) is 0 Å². The van der Waals surface area contributed by atoms with Gasteiger partial charge >= 0.3 is 0 Å². The molecule has 0 heterocycles. The molecule has 0 N–H and O–H groups in total. The standard InChI is InChI=1S/C13H15Cl2NO/c1-9(10-3-2-4-11(15)7-10)16(12-5-6-12)13(17)8-14/h2-4,7,9,12H,5-6,8H2,1H3/t9-/m1/s1. The predicted molar refractivity (Wildman–Crippen MR) is 70.5 cm³/mol. The Morgan fingerprint density at radius 1 is 1.53 bits per heavy atom. The van der Waals surface area contributed by atoms with E-state index in [0.29, 0.717) is 11.1 Å². The number of rotatable bonds is 4. The number of alkyl halides is 1. The summed E-state index contributed by atoms with van der Waals surface area (Å²) in [5, 5.41) is 0.698. The minimum Gasteiger partial charge on any atom is -0.332 e. The molecule has 4 heteroatoms. The molecule has 1 atom stereocenters. The van der Waals surface area contributed by atoms with Crippen LogP contribution in [-0.4, -0.2) is 22.7 Å². The predicted octanol–water partition coefficient (Wildman–Crippen LogP) is 3.63. The van der Waals surface area contributed by atoms with E-state index in [9.17, 15) is 4.79 Å². The molecule has 0 spiro atoms. The van der Waals surface area contributed by atoms with Crippen molar-refractivity contribution in [1.29, 1.82) is 0 Å². The largest absolute Gasteiger partial charge is 0.332 e. The lowest BCUT2D eigenvalue weighted by molar-refractivity contribution is -0.131. The van der Waals surface area contributed by atoms with Crippen LogP contribution in [0.1, 0.15) is 31.4 Å². The number of benzene rings is 1.